The molecule has 0 unspecified atom stereocenters. The second-order valence-corrected chi connectivity index (χ2v) is 3.86. The number of halogens is 2. The van der Waals surface area contributed by atoms with Crippen LogP contribution in [0.1, 0.15) is 32.6 Å². The average Bonchev–Trinajstić information content (AvgIpc) is 2.24. The number of amides is 1. The van der Waals surface area contributed by atoms with E-state index in [1.807, 2.05) is 6.92 Å². The summed E-state index contributed by atoms with van der Waals surface area (Å²) in [4.78, 5) is 11.4. The molecule has 17 heavy (non-hydrogen) atoms. The highest BCUT2D eigenvalue weighted by atomic mass is 19.1. The van der Waals surface area contributed by atoms with Gasteiger partial charge in [0.05, 0.1) is 5.69 Å². The van der Waals surface area contributed by atoms with Crippen molar-refractivity contribution >= 4 is 17.3 Å². The van der Waals surface area contributed by atoms with Crippen molar-refractivity contribution in [2.24, 2.45) is 0 Å². The lowest BCUT2D eigenvalue weighted by Gasteiger charge is -2.09. The van der Waals surface area contributed by atoms with Gasteiger partial charge in [0, 0.05) is 12.5 Å². The van der Waals surface area contributed by atoms with Crippen molar-refractivity contribution in [1.29, 1.82) is 0 Å². The summed E-state index contributed by atoms with van der Waals surface area (Å²) in [5.41, 5.74) is 5.18. The standard InChI is InChI=1S/C12H16F2N2O/c1-2-3-4-5-11(17)16-12-9(14)6-8(13)7-10(12)15/h6-7H,2-5,15H2,1H3,(H,16,17). The number of carbonyl (C=O) groups excluding carboxylic acids is 1. The van der Waals surface area contributed by atoms with Gasteiger partial charge in [-0.3, -0.25) is 4.79 Å². The Bertz CT molecular complexity index is 384. The van der Waals surface area contributed by atoms with Crippen LogP contribution in [-0.4, -0.2) is 5.91 Å². The molecule has 0 bridgehead atoms. The average molecular weight is 242 g/mol. The molecule has 0 saturated carbocycles. The molecule has 1 amide bonds. The molecule has 3 nitrogen and oxygen atoms in total. The van der Waals surface area contributed by atoms with Gasteiger partial charge in [0.1, 0.15) is 11.5 Å². The molecule has 0 aliphatic rings. The van der Waals surface area contributed by atoms with Crippen LogP contribution >= 0.6 is 0 Å². The van der Waals surface area contributed by atoms with Crippen molar-refractivity contribution in [2.75, 3.05) is 11.1 Å². The molecule has 0 heterocycles. The number of carbonyl (C=O) groups is 1. The fourth-order valence-corrected chi connectivity index (χ4v) is 1.46. The third-order valence-electron chi connectivity index (χ3n) is 2.36. The summed E-state index contributed by atoms with van der Waals surface area (Å²) in [5.74, 6) is -1.93. The predicted molar refractivity (Wildman–Crippen MR) is 63.5 cm³/mol. The molecule has 0 atom stereocenters. The van der Waals surface area contributed by atoms with E-state index in [0.717, 1.165) is 25.3 Å². The summed E-state index contributed by atoms with van der Waals surface area (Å²) < 4.78 is 26.1. The lowest BCUT2D eigenvalue weighted by atomic mass is 10.2. The van der Waals surface area contributed by atoms with E-state index in [2.05, 4.69) is 5.32 Å². The molecule has 0 fully saturated rings. The van der Waals surface area contributed by atoms with Gasteiger partial charge in [0.15, 0.2) is 5.82 Å². The summed E-state index contributed by atoms with van der Waals surface area (Å²) in [7, 11) is 0. The topological polar surface area (TPSA) is 55.1 Å². The van der Waals surface area contributed by atoms with Crippen LogP contribution in [0.25, 0.3) is 0 Å². The third kappa shape index (κ3) is 4.01. The zero-order chi connectivity index (χ0) is 12.8. The molecule has 3 N–H and O–H groups in total. The third-order valence-corrected chi connectivity index (χ3v) is 2.36. The minimum Gasteiger partial charge on any atom is -0.397 e. The molecule has 94 valence electrons. The SMILES string of the molecule is CCCCCC(=O)Nc1c(N)cc(F)cc1F. The maximum atomic E-state index is 13.3. The van der Waals surface area contributed by atoms with Crippen LogP contribution in [0.3, 0.4) is 0 Å². The van der Waals surface area contributed by atoms with Crippen LogP contribution in [0.5, 0.6) is 0 Å². The van der Waals surface area contributed by atoms with Gasteiger partial charge in [-0.05, 0) is 12.5 Å². The quantitative estimate of drug-likeness (QED) is 0.616. The highest BCUT2D eigenvalue weighted by molar-refractivity contribution is 5.93. The van der Waals surface area contributed by atoms with E-state index in [-0.39, 0.29) is 17.3 Å². The van der Waals surface area contributed by atoms with E-state index in [1.54, 1.807) is 0 Å². The van der Waals surface area contributed by atoms with Gasteiger partial charge in [-0.25, -0.2) is 8.78 Å². The first kappa shape index (κ1) is 13.4. The predicted octanol–water partition coefficient (Wildman–Crippen LogP) is 3.07. The summed E-state index contributed by atoms with van der Waals surface area (Å²) >= 11 is 0. The molecule has 0 aliphatic heterocycles. The number of nitrogens with one attached hydrogen (secondary N) is 1. The van der Waals surface area contributed by atoms with E-state index >= 15 is 0 Å². The summed E-state index contributed by atoms with van der Waals surface area (Å²) in [5, 5.41) is 2.36. The van der Waals surface area contributed by atoms with E-state index in [4.69, 9.17) is 5.73 Å². The second-order valence-electron chi connectivity index (χ2n) is 3.86. The van der Waals surface area contributed by atoms with Crippen LogP contribution < -0.4 is 11.1 Å². The molecule has 1 aromatic carbocycles. The fourth-order valence-electron chi connectivity index (χ4n) is 1.46. The zero-order valence-corrected chi connectivity index (χ0v) is 9.72. The van der Waals surface area contributed by atoms with Gasteiger partial charge >= 0.3 is 0 Å². The normalized spacial score (nSPS) is 10.3. The number of benzene rings is 1. The van der Waals surface area contributed by atoms with Crippen molar-refractivity contribution in [2.45, 2.75) is 32.6 Å². The monoisotopic (exact) mass is 242 g/mol. The zero-order valence-electron chi connectivity index (χ0n) is 9.72. The maximum Gasteiger partial charge on any atom is 0.224 e. The first-order chi connectivity index (χ1) is 8.04. The number of unbranched alkanes of at least 4 members (excludes halogenated alkanes) is 2. The Morgan fingerprint density at radius 3 is 2.65 bits per heavy atom. The van der Waals surface area contributed by atoms with Gasteiger partial charge in [0.25, 0.3) is 0 Å². The number of nitrogens with two attached hydrogens (primary N) is 1. The Hall–Kier alpha value is -1.65. The molecule has 0 saturated heterocycles. The van der Waals surface area contributed by atoms with Crippen LogP contribution in [0.15, 0.2) is 12.1 Å². The van der Waals surface area contributed by atoms with Crippen LogP contribution in [-0.2, 0) is 4.79 Å². The first-order valence-electron chi connectivity index (χ1n) is 5.59. The van der Waals surface area contributed by atoms with Gasteiger partial charge in [-0.2, -0.15) is 0 Å². The Morgan fingerprint density at radius 1 is 1.35 bits per heavy atom. The van der Waals surface area contributed by atoms with Crippen molar-refractivity contribution in [3.05, 3.63) is 23.8 Å². The Morgan fingerprint density at radius 2 is 2.06 bits per heavy atom. The highest BCUT2D eigenvalue weighted by Crippen LogP contribution is 2.24. The van der Waals surface area contributed by atoms with Crippen LogP contribution in [0, 0.1) is 11.6 Å². The second kappa shape index (κ2) is 6.18. The van der Waals surface area contributed by atoms with Gasteiger partial charge in [0.2, 0.25) is 5.91 Å². The number of hydrogen-bond donors (Lipinski definition) is 2. The van der Waals surface area contributed by atoms with Crippen molar-refractivity contribution in [1.82, 2.24) is 0 Å². The smallest absolute Gasteiger partial charge is 0.224 e. The van der Waals surface area contributed by atoms with Crippen molar-refractivity contribution in [3.63, 3.8) is 0 Å². The molecule has 0 aliphatic carbocycles. The number of rotatable bonds is 5. The Kier molecular flexibility index (Phi) is 4.87. The molecule has 5 heteroatoms. The molecular formula is C12H16F2N2O. The summed E-state index contributed by atoms with van der Waals surface area (Å²) in [6, 6.07) is 1.67. The fraction of sp³-hybridized carbons (Fsp3) is 0.417. The van der Waals surface area contributed by atoms with Gasteiger partial charge in [-0.1, -0.05) is 19.8 Å². The number of anilines is 2. The summed E-state index contributed by atoms with van der Waals surface area (Å²) in [6.45, 7) is 2.02. The molecule has 1 rings (SSSR count). The van der Waals surface area contributed by atoms with E-state index in [9.17, 15) is 13.6 Å². The van der Waals surface area contributed by atoms with Gasteiger partial charge in [-0.15, -0.1) is 0 Å². The van der Waals surface area contributed by atoms with Gasteiger partial charge < -0.3 is 11.1 Å². The number of hydrogen-bond acceptors (Lipinski definition) is 2. The Balaban J connectivity index is 2.65. The van der Waals surface area contributed by atoms with Crippen molar-refractivity contribution in [3.8, 4) is 0 Å². The lowest BCUT2D eigenvalue weighted by Crippen LogP contribution is -2.14. The van der Waals surface area contributed by atoms with Crippen molar-refractivity contribution < 1.29 is 13.6 Å². The molecular weight excluding hydrogens is 226 g/mol. The summed E-state index contributed by atoms with van der Waals surface area (Å²) in [6.07, 6.45) is 2.99. The van der Waals surface area contributed by atoms with Crippen LogP contribution in [0.2, 0.25) is 0 Å². The highest BCUT2D eigenvalue weighted by Gasteiger charge is 2.11. The molecule has 1 aromatic rings. The maximum absolute atomic E-state index is 13.3. The minimum absolute atomic E-state index is 0.105. The van der Waals surface area contributed by atoms with Crippen LogP contribution in [0.4, 0.5) is 20.2 Å². The molecule has 0 radical (unpaired) electrons. The van der Waals surface area contributed by atoms with E-state index in [1.165, 1.54) is 0 Å². The minimum atomic E-state index is -0.855. The van der Waals surface area contributed by atoms with E-state index in [0.29, 0.717) is 12.5 Å². The number of nitrogen functional groups attached to an aromatic ring is 1. The molecule has 0 aromatic heterocycles. The largest absolute Gasteiger partial charge is 0.397 e. The molecule has 0 spiro atoms. The van der Waals surface area contributed by atoms with E-state index < -0.39 is 11.6 Å². The first-order valence-corrected chi connectivity index (χ1v) is 5.59. The Labute approximate surface area is 99.0 Å². The lowest BCUT2D eigenvalue weighted by molar-refractivity contribution is -0.116.